The average molecular weight is 473 g/mol. The summed E-state index contributed by atoms with van der Waals surface area (Å²) in [7, 11) is 0. The zero-order valence-electron chi connectivity index (χ0n) is 17.6. The summed E-state index contributed by atoms with van der Waals surface area (Å²) in [5, 5.41) is 15.0. The summed E-state index contributed by atoms with van der Waals surface area (Å²) in [6.45, 7) is 0.588. The Balaban J connectivity index is 1.28. The average Bonchev–Trinajstić information content (AvgIpc) is 3.45. The molecule has 1 N–H and O–H groups in total. The van der Waals surface area contributed by atoms with Crippen molar-refractivity contribution in [2.24, 2.45) is 0 Å². The molecule has 0 unspecified atom stereocenters. The van der Waals surface area contributed by atoms with Crippen molar-refractivity contribution in [3.05, 3.63) is 77.1 Å². The van der Waals surface area contributed by atoms with E-state index in [-0.39, 0.29) is 5.91 Å². The molecule has 3 heterocycles. The smallest absolute Gasteiger partial charge is 0.266 e. The highest BCUT2D eigenvalue weighted by atomic mass is 32.2. The molecule has 33 heavy (non-hydrogen) atoms. The van der Waals surface area contributed by atoms with Gasteiger partial charge in [-0.2, -0.15) is 5.21 Å². The number of nitrogens with one attached hydrogen (secondary N) is 1. The van der Waals surface area contributed by atoms with E-state index in [0.717, 1.165) is 46.9 Å². The number of hydrogen-bond acceptors (Lipinski definition) is 7. The number of tetrazole rings is 1. The second-order valence-electron chi connectivity index (χ2n) is 7.65. The van der Waals surface area contributed by atoms with E-state index in [1.165, 1.54) is 11.8 Å². The van der Waals surface area contributed by atoms with E-state index in [9.17, 15) is 4.79 Å². The molecule has 0 radical (unpaired) electrons. The van der Waals surface area contributed by atoms with Gasteiger partial charge < -0.3 is 0 Å². The number of H-pyrrole nitrogens is 1. The summed E-state index contributed by atoms with van der Waals surface area (Å²) in [4.78, 5) is 19.7. The number of pyridine rings is 1. The Bertz CT molecular complexity index is 1350. The van der Waals surface area contributed by atoms with Crippen LogP contribution in [0.5, 0.6) is 0 Å². The van der Waals surface area contributed by atoms with Crippen molar-refractivity contribution in [3.63, 3.8) is 0 Å². The lowest BCUT2D eigenvalue weighted by atomic mass is 10.0. The number of thiocarbonyl (C=S) groups is 1. The van der Waals surface area contributed by atoms with Gasteiger partial charge in [0.25, 0.3) is 5.91 Å². The molecule has 0 aliphatic carbocycles. The van der Waals surface area contributed by atoms with Crippen LogP contribution in [-0.2, 0) is 11.2 Å². The van der Waals surface area contributed by atoms with Crippen molar-refractivity contribution in [1.82, 2.24) is 30.5 Å². The number of amides is 1. The van der Waals surface area contributed by atoms with Gasteiger partial charge in [0.2, 0.25) is 0 Å². The normalized spacial score (nSPS) is 15.2. The third-order valence-electron chi connectivity index (χ3n) is 5.42. The minimum Gasteiger partial charge on any atom is -0.293 e. The molecule has 2 aromatic carbocycles. The molecule has 1 fully saturated rings. The first-order valence-corrected chi connectivity index (χ1v) is 11.8. The van der Waals surface area contributed by atoms with E-state index in [2.05, 4.69) is 55.9 Å². The van der Waals surface area contributed by atoms with Crippen LogP contribution in [0.15, 0.2) is 65.7 Å². The number of rotatable bonds is 7. The first-order valence-electron chi connectivity index (χ1n) is 10.6. The van der Waals surface area contributed by atoms with Crippen molar-refractivity contribution in [3.8, 4) is 11.1 Å². The van der Waals surface area contributed by atoms with Gasteiger partial charge in [-0.15, -0.1) is 10.2 Å². The molecule has 1 aliphatic heterocycles. The summed E-state index contributed by atoms with van der Waals surface area (Å²) in [5.41, 5.74) is 4.14. The third-order valence-corrected chi connectivity index (χ3v) is 6.79. The van der Waals surface area contributed by atoms with Crippen LogP contribution in [-0.4, -0.2) is 47.3 Å². The van der Waals surface area contributed by atoms with Gasteiger partial charge in [-0.25, -0.2) is 0 Å². The Hall–Kier alpha value is -3.43. The monoisotopic (exact) mass is 472 g/mol. The van der Waals surface area contributed by atoms with Crippen LogP contribution in [0.25, 0.3) is 28.1 Å². The van der Waals surface area contributed by atoms with Gasteiger partial charge in [0.05, 0.1) is 10.4 Å². The Kier molecular flexibility index (Phi) is 6.23. The topological polar surface area (TPSA) is 87.7 Å². The van der Waals surface area contributed by atoms with Gasteiger partial charge in [0, 0.05) is 24.5 Å². The lowest BCUT2D eigenvalue weighted by molar-refractivity contribution is -0.122. The predicted molar refractivity (Wildman–Crippen MR) is 134 cm³/mol. The Morgan fingerprint density at radius 2 is 1.97 bits per heavy atom. The molecule has 9 heteroatoms. The highest BCUT2D eigenvalue weighted by molar-refractivity contribution is 8.26. The number of nitrogens with zero attached hydrogens (tertiary/aromatic N) is 5. The van der Waals surface area contributed by atoms with E-state index in [1.54, 1.807) is 11.1 Å². The maximum atomic E-state index is 12.9. The highest BCUT2D eigenvalue weighted by Gasteiger charge is 2.31. The van der Waals surface area contributed by atoms with Crippen LogP contribution >= 0.6 is 24.0 Å². The van der Waals surface area contributed by atoms with Gasteiger partial charge >= 0.3 is 0 Å². The van der Waals surface area contributed by atoms with Crippen molar-refractivity contribution in [2.45, 2.75) is 19.3 Å². The number of fused-ring (bicyclic) bond motifs is 1. The molecule has 0 bridgehead atoms. The fourth-order valence-electron chi connectivity index (χ4n) is 3.75. The molecule has 1 aliphatic rings. The van der Waals surface area contributed by atoms with Crippen molar-refractivity contribution >= 4 is 51.2 Å². The molecule has 164 valence electrons. The fourth-order valence-corrected chi connectivity index (χ4v) is 5.06. The Labute approximate surface area is 200 Å². The number of aryl methyl sites for hydroxylation is 1. The largest absolute Gasteiger partial charge is 0.293 e. The fraction of sp³-hybridized carbons (Fsp3) is 0.167. The highest BCUT2D eigenvalue weighted by Crippen LogP contribution is 2.33. The SMILES string of the molecule is O=C1/C(=C/c2cccc(-c3ccc4ncccc4c3)c2)SC(=S)N1CCCCc1nn[nH]n1. The van der Waals surface area contributed by atoms with Crippen molar-refractivity contribution in [1.29, 1.82) is 0 Å². The molecule has 0 atom stereocenters. The van der Waals surface area contributed by atoms with Crippen LogP contribution in [0.2, 0.25) is 0 Å². The van der Waals surface area contributed by atoms with Crippen LogP contribution < -0.4 is 0 Å². The maximum Gasteiger partial charge on any atom is 0.266 e. The second kappa shape index (κ2) is 9.60. The van der Waals surface area contributed by atoms with Gasteiger partial charge in [0.1, 0.15) is 4.32 Å². The Morgan fingerprint density at radius 1 is 1.06 bits per heavy atom. The molecule has 0 saturated carbocycles. The standard InChI is InChI=1S/C24H20N6OS2/c31-23-21(33-24(32)30(23)12-2-1-8-22-26-28-29-27-22)14-16-5-3-6-17(13-16)18-9-10-20-19(15-18)7-4-11-25-20/h3-7,9-11,13-15H,1-2,8,12H2,(H,26,27,28,29)/b21-14-. The first-order chi connectivity index (χ1) is 16.2. The van der Waals surface area contributed by atoms with E-state index >= 15 is 0 Å². The number of hydrogen-bond donors (Lipinski definition) is 1. The number of carbonyl (C=O) groups is 1. The number of unbranched alkanes of at least 4 members (excludes halogenated alkanes) is 1. The molecular formula is C24H20N6OS2. The van der Waals surface area contributed by atoms with E-state index < -0.39 is 0 Å². The molecule has 0 spiro atoms. The minimum absolute atomic E-state index is 0.0354. The predicted octanol–water partition coefficient (Wildman–Crippen LogP) is 4.64. The summed E-state index contributed by atoms with van der Waals surface area (Å²) < 4.78 is 0.601. The van der Waals surface area contributed by atoms with Crippen LogP contribution in [0.3, 0.4) is 0 Å². The number of aromatic amines is 1. The first kappa shape index (κ1) is 21.4. The van der Waals surface area contributed by atoms with Gasteiger partial charge in [-0.05, 0) is 59.9 Å². The molecule has 2 aromatic heterocycles. The van der Waals surface area contributed by atoms with Gasteiger partial charge in [0.15, 0.2) is 5.82 Å². The van der Waals surface area contributed by atoms with E-state index in [4.69, 9.17) is 12.2 Å². The molecule has 5 rings (SSSR count). The third kappa shape index (κ3) is 4.84. The maximum absolute atomic E-state index is 12.9. The zero-order chi connectivity index (χ0) is 22.6. The lowest BCUT2D eigenvalue weighted by Gasteiger charge is -2.13. The zero-order valence-corrected chi connectivity index (χ0v) is 19.3. The van der Waals surface area contributed by atoms with E-state index in [1.807, 2.05) is 30.3 Å². The van der Waals surface area contributed by atoms with Crippen molar-refractivity contribution in [2.75, 3.05) is 6.54 Å². The van der Waals surface area contributed by atoms with Crippen molar-refractivity contribution < 1.29 is 4.79 Å². The summed E-state index contributed by atoms with van der Waals surface area (Å²) in [5.74, 6) is 0.648. The summed E-state index contributed by atoms with van der Waals surface area (Å²) in [6, 6.07) is 18.4. The second-order valence-corrected chi connectivity index (χ2v) is 9.33. The molecule has 4 aromatic rings. The quantitative estimate of drug-likeness (QED) is 0.238. The minimum atomic E-state index is -0.0354. The van der Waals surface area contributed by atoms with Gasteiger partial charge in [-0.1, -0.05) is 59.5 Å². The molecular weight excluding hydrogens is 452 g/mol. The van der Waals surface area contributed by atoms with Crippen LogP contribution in [0.1, 0.15) is 24.2 Å². The molecule has 1 amide bonds. The number of aromatic nitrogens is 5. The molecule has 1 saturated heterocycles. The summed E-state index contributed by atoms with van der Waals surface area (Å²) in [6.07, 6.45) is 6.12. The number of carbonyl (C=O) groups excluding carboxylic acids is 1. The van der Waals surface area contributed by atoms with E-state index in [0.29, 0.717) is 21.6 Å². The number of benzene rings is 2. The lowest BCUT2D eigenvalue weighted by Crippen LogP contribution is -2.29. The summed E-state index contributed by atoms with van der Waals surface area (Å²) >= 11 is 6.83. The van der Waals surface area contributed by atoms with Crippen LogP contribution in [0, 0.1) is 0 Å². The van der Waals surface area contributed by atoms with Crippen LogP contribution in [0.4, 0.5) is 0 Å². The molecule has 7 nitrogen and oxygen atoms in total. The Morgan fingerprint density at radius 3 is 2.85 bits per heavy atom. The van der Waals surface area contributed by atoms with Gasteiger partial charge in [-0.3, -0.25) is 14.7 Å². The number of thioether (sulfide) groups is 1.